The lowest BCUT2D eigenvalue weighted by molar-refractivity contribution is -0.144. The molecule has 0 saturated carbocycles. The lowest BCUT2D eigenvalue weighted by Crippen LogP contribution is -2.24. The number of carbonyl (C=O) groups is 1. The Bertz CT molecular complexity index is 1360. The number of aliphatic carboxylic acids is 1. The first-order chi connectivity index (χ1) is 16.8. The molecule has 0 aliphatic heterocycles. The topological polar surface area (TPSA) is 68.7 Å². The molecule has 5 nitrogen and oxygen atoms in total. The van der Waals surface area contributed by atoms with Crippen molar-refractivity contribution in [3.05, 3.63) is 89.6 Å². The van der Waals surface area contributed by atoms with E-state index in [2.05, 4.69) is 4.98 Å². The Morgan fingerprint density at radius 2 is 1.66 bits per heavy atom. The van der Waals surface area contributed by atoms with E-state index in [0.29, 0.717) is 22.2 Å². The van der Waals surface area contributed by atoms with Gasteiger partial charge in [0.15, 0.2) is 17.7 Å². The Labute approximate surface area is 202 Å². The summed E-state index contributed by atoms with van der Waals surface area (Å²) in [7, 11) is 0. The number of carboxylic acids is 1. The molecule has 0 bridgehead atoms. The van der Waals surface area contributed by atoms with Crippen LogP contribution in [0.25, 0.3) is 21.9 Å². The Morgan fingerprint density at radius 1 is 0.971 bits per heavy atom. The zero-order valence-corrected chi connectivity index (χ0v) is 19.6. The number of pyridine rings is 1. The van der Waals surface area contributed by atoms with E-state index < -0.39 is 23.7 Å². The highest BCUT2D eigenvalue weighted by atomic mass is 19.1. The molecule has 35 heavy (non-hydrogen) atoms. The van der Waals surface area contributed by atoms with Crippen LogP contribution in [-0.4, -0.2) is 22.2 Å². The predicted molar refractivity (Wildman–Crippen MR) is 130 cm³/mol. The molecule has 3 aromatic carbocycles. The van der Waals surface area contributed by atoms with Crippen molar-refractivity contribution in [1.82, 2.24) is 4.98 Å². The number of nitrogens with zero attached hydrogens (tertiary/aromatic N) is 1. The van der Waals surface area contributed by atoms with Gasteiger partial charge in [-0.25, -0.2) is 18.6 Å². The number of hydrogen-bond acceptors (Lipinski definition) is 4. The van der Waals surface area contributed by atoms with Gasteiger partial charge in [-0.1, -0.05) is 56.3 Å². The van der Waals surface area contributed by atoms with E-state index in [-0.39, 0.29) is 29.5 Å². The summed E-state index contributed by atoms with van der Waals surface area (Å²) in [5, 5.41) is 9.85. The number of hydrogen-bond donors (Lipinski definition) is 1. The lowest BCUT2D eigenvalue weighted by atomic mass is 9.92. The first-order valence-electron chi connectivity index (χ1n) is 11.2. The third kappa shape index (κ3) is 5.09. The minimum Gasteiger partial charge on any atom is -0.486 e. The molecule has 7 heteroatoms. The number of halogens is 2. The lowest BCUT2D eigenvalue weighted by Gasteiger charge is -2.21. The van der Waals surface area contributed by atoms with Gasteiger partial charge >= 0.3 is 5.97 Å². The predicted octanol–water partition coefficient (Wildman–Crippen LogP) is 6.73. The maximum Gasteiger partial charge on any atom is 0.344 e. The van der Waals surface area contributed by atoms with Crippen LogP contribution in [0.3, 0.4) is 0 Å². The number of rotatable bonds is 8. The highest BCUT2D eigenvalue weighted by Gasteiger charge is 2.25. The van der Waals surface area contributed by atoms with Crippen LogP contribution in [0.15, 0.2) is 66.7 Å². The average molecular weight is 478 g/mol. The van der Waals surface area contributed by atoms with Crippen LogP contribution in [0.4, 0.5) is 8.78 Å². The molecular formula is C28H25F2NO4. The van der Waals surface area contributed by atoms with Crippen LogP contribution in [0.5, 0.6) is 11.6 Å². The van der Waals surface area contributed by atoms with Crippen LogP contribution in [0.1, 0.15) is 37.9 Å². The molecule has 0 amide bonds. The highest BCUT2D eigenvalue weighted by Crippen LogP contribution is 2.42. The third-order valence-electron chi connectivity index (χ3n) is 5.62. The van der Waals surface area contributed by atoms with Gasteiger partial charge < -0.3 is 14.6 Å². The van der Waals surface area contributed by atoms with Crippen molar-refractivity contribution in [1.29, 1.82) is 0 Å². The van der Waals surface area contributed by atoms with E-state index in [4.69, 9.17) is 9.47 Å². The molecule has 0 saturated heterocycles. The van der Waals surface area contributed by atoms with Gasteiger partial charge in [0.1, 0.15) is 12.4 Å². The molecule has 0 radical (unpaired) electrons. The number of ether oxygens (including phenoxy) is 2. The minimum atomic E-state index is -1.25. The minimum absolute atomic E-state index is 0.00684. The summed E-state index contributed by atoms with van der Waals surface area (Å²) in [6, 6.07) is 18.4. The molecule has 1 aromatic heterocycles. The van der Waals surface area contributed by atoms with Gasteiger partial charge in [-0.2, -0.15) is 0 Å². The van der Waals surface area contributed by atoms with Crippen LogP contribution in [0.2, 0.25) is 0 Å². The number of fused-ring (bicyclic) bond motifs is 1. The molecule has 0 aliphatic rings. The Hall–Kier alpha value is -4.00. The summed E-state index contributed by atoms with van der Waals surface area (Å²) in [6.45, 7) is 5.33. The SMILES string of the molecule is CC(Oc1nc(C(C)C)c(-c2ccc(F)cc2)c2ccc(OCc3ccccc3)c(F)c12)C(=O)O. The second-order valence-electron chi connectivity index (χ2n) is 8.51. The monoisotopic (exact) mass is 477 g/mol. The highest BCUT2D eigenvalue weighted by molar-refractivity contribution is 6.01. The van der Waals surface area contributed by atoms with Crippen molar-refractivity contribution >= 4 is 16.7 Å². The fourth-order valence-corrected chi connectivity index (χ4v) is 3.82. The molecule has 1 atom stereocenters. The first-order valence-corrected chi connectivity index (χ1v) is 11.2. The number of carboxylic acid groups (broad SMARTS) is 1. The summed E-state index contributed by atoms with van der Waals surface area (Å²) in [5.41, 5.74) is 2.72. The zero-order chi connectivity index (χ0) is 25.1. The van der Waals surface area contributed by atoms with Gasteiger partial charge in [-0.3, -0.25) is 0 Å². The van der Waals surface area contributed by atoms with Crippen molar-refractivity contribution < 1.29 is 28.2 Å². The van der Waals surface area contributed by atoms with Crippen molar-refractivity contribution in [3.8, 4) is 22.8 Å². The molecule has 0 fully saturated rings. The molecule has 180 valence electrons. The summed E-state index contributed by atoms with van der Waals surface area (Å²) >= 11 is 0. The molecule has 0 spiro atoms. The number of aromatic nitrogens is 1. The molecule has 1 heterocycles. The first kappa shape index (κ1) is 24.1. The maximum absolute atomic E-state index is 15.9. The van der Waals surface area contributed by atoms with E-state index in [1.807, 2.05) is 44.2 Å². The summed E-state index contributed by atoms with van der Waals surface area (Å²) in [4.78, 5) is 16.1. The van der Waals surface area contributed by atoms with Crippen LogP contribution in [0, 0.1) is 11.6 Å². The van der Waals surface area contributed by atoms with Gasteiger partial charge in [0.25, 0.3) is 0 Å². The average Bonchev–Trinajstić information content (AvgIpc) is 2.84. The summed E-state index contributed by atoms with van der Waals surface area (Å²) < 4.78 is 40.9. The smallest absolute Gasteiger partial charge is 0.344 e. The van der Waals surface area contributed by atoms with Crippen molar-refractivity contribution in [2.75, 3.05) is 0 Å². The van der Waals surface area contributed by atoms with Crippen LogP contribution < -0.4 is 9.47 Å². The van der Waals surface area contributed by atoms with E-state index in [9.17, 15) is 14.3 Å². The van der Waals surface area contributed by atoms with E-state index in [1.165, 1.54) is 25.1 Å². The molecule has 4 rings (SSSR count). The van der Waals surface area contributed by atoms with Crippen molar-refractivity contribution in [2.45, 2.75) is 39.4 Å². The van der Waals surface area contributed by atoms with Gasteiger partial charge in [-0.15, -0.1) is 0 Å². The van der Waals surface area contributed by atoms with E-state index >= 15 is 4.39 Å². The molecule has 1 unspecified atom stereocenters. The van der Waals surface area contributed by atoms with E-state index in [1.54, 1.807) is 18.2 Å². The molecule has 0 aliphatic carbocycles. The molecule has 4 aromatic rings. The van der Waals surface area contributed by atoms with Gasteiger partial charge in [-0.05, 0) is 53.6 Å². The van der Waals surface area contributed by atoms with E-state index in [0.717, 1.165) is 5.56 Å². The Kier molecular flexibility index (Phi) is 6.96. The Morgan fingerprint density at radius 3 is 2.29 bits per heavy atom. The quantitative estimate of drug-likeness (QED) is 0.305. The van der Waals surface area contributed by atoms with Gasteiger partial charge in [0.05, 0.1) is 11.1 Å². The third-order valence-corrected chi connectivity index (χ3v) is 5.62. The maximum atomic E-state index is 15.9. The second-order valence-corrected chi connectivity index (χ2v) is 8.51. The molecular weight excluding hydrogens is 452 g/mol. The van der Waals surface area contributed by atoms with Gasteiger partial charge in [0.2, 0.25) is 5.88 Å². The fourth-order valence-electron chi connectivity index (χ4n) is 3.82. The van der Waals surface area contributed by atoms with Crippen molar-refractivity contribution in [3.63, 3.8) is 0 Å². The Balaban J connectivity index is 1.93. The summed E-state index contributed by atoms with van der Waals surface area (Å²) in [5.74, 6) is -2.57. The largest absolute Gasteiger partial charge is 0.486 e. The van der Waals surface area contributed by atoms with Crippen LogP contribution >= 0.6 is 0 Å². The van der Waals surface area contributed by atoms with Crippen molar-refractivity contribution in [2.24, 2.45) is 0 Å². The zero-order valence-electron chi connectivity index (χ0n) is 19.6. The van der Waals surface area contributed by atoms with Crippen LogP contribution in [-0.2, 0) is 11.4 Å². The standard InChI is InChI=1S/C28H25F2NO4/c1-16(2)26-23(19-9-11-20(29)12-10-19)21-13-14-22(34-15-18-7-5-4-6-8-18)25(30)24(21)27(31-26)35-17(3)28(32)33/h4-14,16-17H,15H2,1-3H3,(H,32,33). The van der Waals surface area contributed by atoms with Gasteiger partial charge in [0, 0.05) is 5.56 Å². The normalized spacial score (nSPS) is 12.1. The molecule has 1 N–H and O–H groups in total. The summed E-state index contributed by atoms with van der Waals surface area (Å²) in [6.07, 6.45) is -1.25. The number of benzene rings is 3. The second kappa shape index (κ2) is 10.1. The fraction of sp³-hybridized carbons (Fsp3) is 0.214.